The van der Waals surface area contributed by atoms with Gasteiger partial charge in [0.05, 0.1) is 24.4 Å². The Hall–Kier alpha value is -1.88. The molecule has 0 radical (unpaired) electrons. The summed E-state index contributed by atoms with van der Waals surface area (Å²) in [5.74, 6) is -0.285. The van der Waals surface area contributed by atoms with Gasteiger partial charge in [-0.25, -0.2) is 9.18 Å². The van der Waals surface area contributed by atoms with Gasteiger partial charge in [0.1, 0.15) is 5.82 Å². The molecule has 110 valence electrons. The standard InChI is InChI=1S/C16H16FNO2S/c1-20-16(19)11-6-7-12(17)13(9-11)18-15(10-4-5-10)14-3-2-8-21-14/h2-3,6-10,15,18H,4-5H2,1H3. The van der Waals surface area contributed by atoms with Gasteiger partial charge < -0.3 is 10.1 Å². The van der Waals surface area contributed by atoms with Crippen molar-refractivity contribution in [2.24, 2.45) is 5.92 Å². The summed E-state index contributed by atoms with van der Waals surface area (Å²) in [6.45, 7) is 0. The maximum absolute atomic E-state index is 14.0. The molecule has 0 saturated heterocycles. The van der Waals surface area contributed by atoms with E-state index in [9.17, 15) is 9.18 Å². The number of anilines is 1. The fourth-order valence-electron chi connectivity index (χ4n) is 2.37. The van der Waals surface area contributed by atoms with Crippen LogP contribution in [0.3, 0.4) is 0 Å². The van der Waals surface area contributed by atoms with E-state index in [0.29, 0.717) is 17.2 Å². The molecule has 0 aliphatic heterocycles. The van der Waals surface area contributed by atoms with Crippen LogP contribution in [0.2, 0.25) is 0 Å². The number of thiophene rings is 1. The monoisotopic (exact) mass is 305 g/mol. The molecule has 1 atom stereocenters. The molecule has 0 amide bonds. The normalized spacial score (nSPS) is 15.5. The van der Waals surface area contributed by atoms with E-state index in [1.807, 2.05) is 11.4 Å². The molecule has 1 unspecified atom stereocenters. The van der Waals surface area contributed by atoms with Gasteiger partial charge in [0.2, 0.25) is 0 Å². The van der Waals surface area contributed by atoms with Gasteiger partial charge in [-0.15, -0.1) is 11.3 Å². The Morgan fingerprint density at radius 1 is 1.43 bits per heavy atom. The number of hydrogen-bond donors (Lipinski definition) is 1. The second-order valence-corrected chi connectivity index (χ2v) is 6.14. The highest BCUT2D eigenvalue weighted by molar-refractivity contribution is 7.10. The van der Waals surface area contributed by atoms with Gasteiger partial charge in [0.15, 0.2) is 0 Å². The highest BCUT2D eigenvalue weighted by Gasteiger charge is 2.33. The van der Waals surface area contributed by atoms with Gasteiger partial charge in [0, 0.05) is 4.88 Å². The summed E-state index contributed by atoms with van der Waals surface area (Å²) in [4.78, 5) is 12.8. The summed E-state index contributed by atoms with van der Waals surface area (Å²) < 4.78 is 18.7. The third-order valence-corrected chi connectivity index (χ3v) is 4.60. The molecule has 1 aromatic heterocycles. The van der Waals surface area contributed by atoms with Crippen LogP contribution in [0, 0.1) is 11.7 Å². The number of carbonyl (C=O) groups is 1. The number of methoxy groups -OCH3 is 1. The summed E-state index contributed by atoms with van der Waals surface area (Å²) in [5, 5.41) is 5.28. The van der Waals surface area contributed by atoms with E-state index in [2.05, 4.69) is 16.1 Å². The van der Waals surface area contributed by atoms with Gasteiger partial charge in [-0.1, -0.05) is 6.07 Å². The zero-order chi connectivity index (χ0) is 14.8. The SMILES string of the molecule is COC(=O)c1ccc(F)c(NC(c2cccs2)C2CC2)c1. The maximum Gasteiger partial charge on any atom is 0.337 e. The lowest BCUT2D eigenvalue weighted by Gasteiger charge is -2.19. The molecule has 0 spiro atoms. The molecule has 3 rings (SSSR count). The second-order valence-electron chi connectivity index (χ2n) is 5.16. The molecular weight excluding hydrogens is 289 g/mol. The van der Waals surface area contributed by atoms with Crippen LogP contribution in [-0.2, 0) is 4.74 Å². The molecule has 1 fully saturated rings. The van der Waals surface area contributed by atoms with Crippen LogP contribution in [-0.4, -0.2) is 13.1 Å². The fourth-order valence-corrected chi connectivity index (χ4v) is 3.24. The predicted molar refractivity (Wildman–Crippen MR) is 81.1 cm³/mol. The van der Waals surface area contributed by atoms with E-state index in [0.717, 1.165) is 12.8 Å². The third-order valence-electron chi connectivity index (χ3n) is 3.64. The lowest BCUT2D eigenvalue weighted by Crippen LogP contribution is -2.13. The molecule has 1 saturated carbocycles. The average molecular weight is 305 g/mol. The number of halogens is 1. The Morgan fingerprint density at radius 2 is 2.24 bits per heavy atom. The van der Waals surface area contributed by atoms with Gasteiger partial charge in [0.25, 0.3) is 0 Å². The van der Waals surface area contributed by atoms with Gasteiger partial charge in [-0.3, -0.25) is 0 Å². The number of carbonyl (C=O) groups excluding carboxylic acids is 1. The van der Waals surface area contributed by atoms with Crippen molar-refractivity contribution in [1.82, 2.24) is 0 Å². The first-order valence-corrected chi connectivity index (χ1v) is 7.75. The zero-order valence-corrected chi connectivity index (χ0v) is 12.5. The lowest BCUT2D eigenvalue weighted by molar-refractivity contribution is 0.0600. The van der Waals surface area contributed by atoms with Crippen LogP contribution >= 0.6 is 11.3 Å². The van der Waals surface area contributed by atoms with Gasteiger partial charge in [-0.2, -0.15) is 0 Å². The predicted octanol–water partition coefficient (Wildman–Crippen LogP) is 4.24. The first-order chi connectivity index (χ1) is 10.2. The number of nitrogens with one attached hydrogen (secondary N) is 1. The summed E-state index contributed by atoms with van der Waals surface area (Å²) in [5.41, 5.74) is 0.699. The molecule has 1 aliphatic rings. The first kappa shape index (κ1) is 14.1. The molecule has 3 nitrogen and oxygen atoms in total. The summed E-state index contributed by atoms with van der Waals surface area (Å²) in [6.07, 6.45) is 2.29. The highest BCUT2D eigenvalue weighted by Crippen LogP contribution is 2.44. The van der Waals surface area contributed by atoms with Crippen molar-refractivity contribution in [2.45, 2.75) is 18.9 Å². The van der Waals surface area contributed by atoms with Gasteiger partial charge in [-0.05, 0) is 48.4 Å². The Balaban J connectivity index is 1.87. The third kappa shape index (κ3) is 3.08. The number of hydrogen-bond acceptors (Lipinski definition) is 4. The second kappa shape index (κ2) is 5.85. The lowest BCUT2D eigenvalue weighted by atomic mass is 10.1. The van der Waals surface area contributed by atoms with E-state index in [1.165, 1.54) is 30.2 Å². The Kier molecular flexibility index (Phi) is 3.92. The van der Waals surface area contributed by atoms with Crippen LogP contribution in [0.15, 0.2) is 35.7 Å². The van der Waals surface area contributed by atoms with Gasteiger partial charge >= 0.3 is 5.97 Å². The number of rotatable bonds is 5. The smallest absolute Gasteiger partial charge is 0.337 e. The van der Waals surface area contributed by atoms with Crippen molar-refractivity contribution in [1.29, 1.82) is 0 Å². The Bertz CT molecular complexity index is 638. The van der Waals surface area contributed by atoms with E-state index in [1.54, 1.807) is 11.3 Å². The Labute approximate surface area is 126 Å². The van der Waals surface area contributed by atoms with Crippen molar-refractivity contribution in [2.75, 3.05) is 12.4 Å². The van der Waals surface area contributed by atoms with Crippen molar-refractivity contribution in [3.63, 3.8) is 0 Å². The van der Waals surface area contributed by atoms with E-state index < -0.39 is 5.97 Å². The molecule has 0 bridgehead atoms. The maximum atomic E-state index is 14.0. The average Bonchev–Trinajstić information content (AvgIpc) is 3.19. The molecule has 5 heteroatoms. The molecular formula is C16H16FNO2S. The van der Waals surface area contributed by atoms with Crippen LogP contribution in [0.4, 0.5) is 10.1 Å². The molecule has 1 aromatic carbocycles. The fraction of sp³-hybridized carbons (Fsp3) is 0.312. The summed E-state index contributed by atoms with van der Waals surface area (Å²) in [7, 11) is 1.32. The van der Waals surface area contributed by atoms with Crippen molar-refractivity contribution < 1.29 is 13.9 Å². The summed E-state index contributed by atoms with van der Waals surface area (Å²) in [6, 6.07) is 8.41. The molecule has 2 aromatic rings. The van der Waals surface area contributed by atoms with E-state index in [-0.39, 0.29) is 11.9 Å². The topological polar surface area (TPSA) is 38.3 Å². The minimum Gasteiger partial charge on any atom is -0.465 e. The molecule has 1 N–H and O–H groups in total. The van der Waals surface area contributed by atoms with Crippen molar-refractivity contribution >= 4 is 23.0 Å². The number of ether oxygens (including phenoxy) is 1. The van der Waals surface area contributed by atoms with Crippen molar-refractivity contribution in [3.05, 3.63) is 52.0 Å². The molecule has 1 aliphatic carbocycles. The minimum atomic E-state index is -0.461. The largest absolute Gasteiger partial charge is 0.465 e. The first-order valence-electron chi connectivity index (χ1n) is 6.87. The number of benzene rings is 1. The van der Waals surface area contributed by atoms with Crippen molar-refractivity contribution in [3.8, 4) is 0 Å². The molecule has 1 heterocycles. The Morgan fingerprint density at radius 3 is 2.86 bits per heavy atom. The minimum absolute atomic E-state index is 0.104. The highest BCUT2D eigenvalue weighted by atomic mass is 32.1. The van der Waals surface area contributed by atoms with Crippen LogP contribution in [0.5, 0.6) is 0 Å². The number of esters is 1. The van der Waals surface area contributed by atoms with E-state index in [4.69, 9.17) is 0 Å². The zero-order valence-electron chi connectivity index (χ0n) is 11.6. The summed E-state index contributed by atoms with van der Waals surface area (Å²) >= 11 is 1.66. The van der Waals surface area contributed by atoms with Crippen LogP contribution in [0.25, 0.3) is 0 Å². The molecule has 21 heavy (non-hydrogen) atoms. The van der Waals surface area contributed by atoms with E-state index >= 15 is 0 Å². The van der Waals surface area contributed by atoms with Crippen LogP contribution < -0.4 is 5.32 Å². The van der Waals surface area contributed by atoms with Crippen LogP contribution in [0.1, 0.15) is 34.1 Å². The quantitative estimate of drug-likeness (QED) is 0.840.